The lowest BCUT2D eigenvalue weighted by Gasteiger charge is -2.09. The molecule has 112 valence electrons. The van der Waals surface area contributed by atoms with Gasteiger partial charge in [-0.05, 0) is 13.3 Å². The molecule has 1 aliphatic rings. The van der Waals surface area contributed by atoms with Gasteiger partial charge in [-0.25, -0.2) is 9.97 Å². The van der Waals surface area contributed by atoms with Crippen molar-refractivity contribution >= 4 is 28.9 Å². The molecule has 0 spiro atoms. The van der Waals surface area contributed by atoms with Gasteiger partial charge in [-0.2, -0.15) is 0 Å². The quantitative estimate of drug-likeness (QED) is 0.646. The molecule has 1 N–H and O–H groups in total. The summed E-state index contributed by atoms with van der Waals surface area (Å²) in [6.07, 6.45) is 2.67. The Morgan fingerprint density at radius 2 is 2.38 bits per heavy atom. The van der Waals surface area contributed by atoms with Gasteiger partial charge >= 0.3 is 0 Å². The molecule has 0 bridgehead atoms. The van der Waals surface area contributed by atoms with E-state index in [1.807, 2.05) is 13.0 Å². The SMILES string of the molecule is Cc1nnc(SCCNc2cc([C@@H]3CCOC3)ncn2)s1. The van der Waals surface area contributed by atoms with E-state index in [0.717, 1.165) is 52.8 Å². The van der Waals surface area contributed by atoms with Crippen molar-refractivity contribution in [2.45, 2.75) is 23.6 Å². The minimum atomic E-state index is 0.410. The molecule has 2 aromatic heterocycles. The summed E-state index contributed by atoms with van der Waals surface area (Å²) in [5.41, 5.74) is 1.07. The highest BCUT2D eigenvalue weighted by molar-refractivity contribution is 8.01. The number of nitrogens with one attached hydrogen (secondary N) is 1. The second-order valence-electron chi connectivity index (χ2n) is 4.75. The first kappa shape index (κ1) is 14.7. The Balaban J connectivity index is 1.47. The van der Waals surface area contributed by atoms with Crippen LogP contribution in [0.25, 0.3) is 0 Å². The normalized spacial score (nSPS) is 18.0. The van der Waals surface area contributed by atoms with Gasteiger partial charge in [0.15, 0.2) is 4.34 Å². The number of nitrogens with zero attached hydrogens (tertiary/aromatic N) is 4. The molecule has 0 unspecified atom stereocenters. The molecule has 8 heteroatoms. The van der Waals surface area contributed by atoms with Crippen molar-refractivity contribution in [2.24, 2.45) is 0 Å². The first-order valence-corrected chi connectivity index (χ1v) is 8.68. The zero-order valence-corrected chi connectivity index (χ0v) is 13.4. The van der Waals surface area contributed by atoms with Crippen molar-refractivity contribution in [3.05, 3.63) is 23.1 Å². The molecule has 1 fully saturated rings. The third-order valence-electron chi connectivity index (χ3n) is 3.18. The van der Waals surface area contributed by atoms with Gasteiger partial charge in [-0.15, -0.1) is 10.2 Å². The molecule has 3 rings (SSSR count). The Morgan fingerprint density at radius 3 is 3.14 bits per heavy atom. The van der Waals surface area contributed by atoms with E-state index < -0.39 is 0 Å². The molecule has 0 aliphatic carbocycles. The summed E-state index contributed by atoms with van der Waals surface area (Å²) < 4.78 is 6.42. The van der Waals surface area contributed by atoms with Crippen LogP contribution in [0.3, 0.4) is 0 Å². The maximum Gasteiger partial charge on any atom is 0.174 e. The zero-order chi connectivity index (χ0) is 14.5. The molecule has 0 aromatic carbocycles. The van der Waals surface area contributed by atoms with Gasteiger partial charge in [0.05, 0.1) is 12.3 Å². The van der Waals surface area contributed by atoms with Crippen LogP contribution in [0.15, 0.2) is 16.7 Å². The van der Waals surface area contributed by atoms with E-state index in [1.54, 1.807) is 29.4 Å². The number of anilines is 1. The summed E-state index contributed by atoms with van der Waals surface area (Å²) in [6.45, 7) is 4.40. The molecule has 1 atom stereocenters. The molecule has 21 heavy (non-hydrogen) atoms. The van der Waals surface area contributed by atoms with Crippen LogP contribution in [0.4, 0.5) is 5.82 Å². The molecule has 1 saturated heterocycles. The topological polar surface area (TPSA) is 72.8 Å². The number of rotatable bonds is 6. The second-order valence-corrected chi connectivity index (χ2v) is 7.27. The van der Waals surface area contributed by atoms with Gasteiger partial charge < -0.3 is 10.1 Å². The lowest BCUT2D eigenvalue weighted by Crippen LogP contribution is -2.08. The molecular formula is C13H17N5OS2. The predicted molar refractivity (Wildman–Crippen MR) is 84.1 cm³/mol. The molecular weight excluding hydrogens is 306 g/mol. The highest BCUT2D eigenvalue weighted by Crippen LogP contribution is 2.24. The van der Waals surface area contributed by atoms with Crippen molar-refractivity contribution in [3.63, 3.8) is 0 Å². The smallest absolute Gasteiger partial charge is 0.174 e. The summed E-state index contributed by atoms with van der Waals surface area (Å²) in [6, 6.07) is 2.03. The fourth-order valence-corrected chi connectivity index (χ4v) is 3.86. The Morgan fingerprint density at radius 1 is 1.43 bits per heavy atom. The number of aromatic nitrogens is 4. The Labute approximate surface area is 131 Å². The average molecular weight is 323 g/mol. The second kappa shape index (κ2) is 7.15. The number of hydrogen-bond acceptors (Lipinski definition) is 8. The van der Waals surface area contributed by atoms with E-state index >= 15 is 0 Å². The van der Waals surface area contributed by atoms with E-state index in [0.29, 0.717) is 5.92 Å². The maximum atomic E-state index is 5.41. The van der Waals surface area contributed by atoms with Crippen LogP contribution in [-0.2, 0) is 4.74 Å². The largest absolute Gasteiger partial charge is 0.381 e. The molecule has 0 saturated carbocycles. The highest BCUT2D eigenvalue weighted by Gasteiger charge is 2.19. The van der Waals surface area contributed by atoms with Gasteiger partial charge in [-0.1, -0.05) is 23.1 Å². The number of thioether (sulfide) groups is 1. The monoisotopic (exact) mass is 323 g/mol. The van der Waals surface area contributed by atoms with E-state index in [1.165, 1.54) is 0 Å². The molecule has 2 aromatic rings. The van der Waals surface area contributed by atoms with Gasteiger partial charge in [0.1, 0.15) is 17.2 Å². The minimum Gasteiger partial charge on any atom is -0.381 e. The van der Waals surface area contributed by atoms with Crippen LogP contribution < -0.4 is 5.32 Å². The van der Waals surface area contributed by atoms with Crippen molar-refractivity contribution in [1.29, 1.82) is 0 Å². The van der Waals surface area contributed by atoms with Gasteiger partial charge in [0.25, 0.3) is 0 Å². The van der Waals surface area contributed by atoms with E-state index in [-0.39, 0.29) is 0 Å². The zero-order valence-electron chi connectivity index (χ0n) is 11.8. The average Bonchev–Trinajstić information content (AvgIpc) is 3.16. The number of ether oxygens (including phenoxy) is 1. The van der Waals surface area contributed by atoms with E-state index in [2.05, 4.69) is 25.5 Å². The Kier molecular flexibility index (Phi) is 5.00. The fraction of sp³-hybridized carbons (Fsp3) is 0.538. The first-order chi connectivity index (χ1) is 10.3. The summed E-state index contributed by atoms with van der Waals surface area (Å²) in [5.74, 6) is 2.22. The fourth-order valence-electron chi connectivity index (χ4n) is 2.11. The van der Waals surface area contributed by atoms with Crippen LogP contribution in [0.1, 0.15) is 23.0 Å². The molecule has 3 heterocycles. The van der Waals surface area contributed by atoms with Crippen LogP contribution in [0.2, 0.25) is 0 Å². The van der Waals surface area contributed by atoms with Gasteiger partial charge in [0.2, 0.25) is 0 Å². The Bertz CT molecular complexity index is 585. The molecule has 0 radical (unpaired) electrons. The van der Waals surface area contributed by atoms with Crippen LogP contribution in [-0.4, -0.2) is 45.7 Å². The van der Waals surface area contributed by atoms with Crippen LogP contribution in [0.5, 0.6) is 0 Å². The van der Waals surface area contributed by atoms with Gasteiger partial charge in [0, 0.05) is 30.9 Å². The number of hydrogen-bond donors (Lipinski definition) is 1. The summed E-state index contributed by atoms with van der Waals surface area (Å²) >= 11 is 3.34. The summed E-state index contributed by atoms with van der Waals surface area (Å²) in [5, 5.41) is 12.4. The predicted octanol–water partition coefficient (Wildman–Crippen LogP) is 2.34. The maximum absolute atomic E-state index is 5.41. The van der Waals surface area contributed by atoms with Crippen molar-refractivity contribution < 1.29 is 4.74 Å². The van der Waals surface area contributed by atoms with Gasteiger partial charge in [-0.3, -0.25) is 0 Å². The first-order valence-electron chi connectivity index (χ1n) is 6.88. The van der Waals surface area contributed by atoms with Crippen molar-refractivity contribution in [3.8, 4) is 0 Å². The lowest BCUT2D eigenvalue weighted by atomic mass is 10.1. The number of aryl methyl sites for hydroxylation is 1. The van der Waals surface area contributed by atoms with E-state index in [4.69, 9.17) is 4.74 Å². The third-order valence-corrected chi connectivity index (χ3v) is 5.15. The molecule has 0 amide bonds. The molecule has 1 aliphatic heterocycles. The lowest BCUT2D eigenvalue weighted by molar-refractivity contribution is 0.193. The third kappa shape index (κ3) is 4.12. The van der Waals surface area contributed by atoms with Crippen LogP contribution >= 0.6 is 23.1 Å². The van der Waals surface area contributed by atoms with Crippen molar-refractivity contribution in [1.82, 2.24) is 20.2 Å². The van der Waals surface area contributed by atoms with E-state index in [9.17, 15) is 0 Å². The standard InChI is InChI=1S/C13H17N5OS2/c1-9-17-18-13(21-9)20-5-3-14-12-6-11(15-8-16-12)10-2-4-19-7-10/h6,8,10H,2-5,7H2,1H3,(H,14,15,16)/t10-/m1/s1. The Hall–Kier alpha value is -1.25. The van der Waals surface area contributed by atoms with Crippen LogP contribution in [0, 0.1) is 6.92 Å². The van der Waals surface area contributed by atoms with Crippen molar-refractivity contribution in [2.75, 3.05) is 30.8 Å². The molecule has 6 nitrogen and oxygen atoms in total. The summed E-state index contributed by atoms with van der Waals surface area (Å²) in [4.78, 5) is 8.61. The minimum absolute atomic E-state index is 0.410. The summed E-state index contributed by atoms with van der Waals surface area (Å²) in [7, 11) is 0. The highest BCUT2D eigenvalue weighted by atomic mass is 32.2.